The first-order chi connectivity index (χ1) is 10.1. The van der Waals surface area contributed by atoms with E-state index in [1.165, 1.54) is 30.3 Å². The maximum atomic E-state index is 13.5. The van der Waals surface area contributed by atoms with Gasteiger partial charge in [-0.25, -0.2) is 13.2 Å². The van der Waals surface area contributed by atoms with E-state index in [2.05, 4.69) is 11.8 Å². The zero-order chi connectivity index (χ0) is 15.2. The lowest BCUT2D eigenvalue weighted by atomic mass is 10.2. The first kappa shape index (κ1) is 14.9. The van der Waals surface area contributed by atoms with Crippen LogP contribution in [0.3, 0.4) is 0 Å². The standard InChI is InChI=1S/C16H12F3NO/c17-13-6-7-15(11(9-13)4-2-8-20)21-10-12-3-1-5-14(18)16(12)19/h1,3,5-7,9H,8,10,20H2. The molecule has 0 fully saturated rings. The molecule has 2 rings (SSSR count). The SMILES string of the molecule is NCC#Cc1cc(F)ccc1OCc1cccc(F)c1F. The maximum Gasteiger partial charge on any atom is 0.165 e. The maximum absolute atomic E-state index is 13.5. The third kappa shape index (κ3) is 3.77. The summed E-state index contributed by atoms with van der Waals surface area (Å²) in [5.74, 6) is 3.15. The van der Waals surface area contributed by atoms with Crippen molar-refractivity contribution in [2.75, 3.05) is 6.54 Å². The molecule has 0 heterocycles. The molecule has 108 valence electrons. The van der Waals surface area contributed by atoms with Gasteiger partial charge in [0.1, 0.15) is 18.2 Å². The topological polar surface area (TPSA) is 35.2 Å². The Labute approximate surface area is 120 Å². The van der Waals surface area contributed by atoms with Crippen LogP contribution in [0.15, 0.2) is 36.4 Å². The van der Waals surface area contributed by atoms with Crippen molar-refractivity contribution in [3.05, 3.63) is 65.0 Å². The Hall–Kier alpha value is -2.45. The van der Waals surface area contributed by atoms with Crippen LogP contribution >= 0.6 is 0 Å². The monoisotopic (exact) mass is 291 g/mol. The Balaban J connectivity index is 2.22. The molecule has 2 N–H and O–H groups in total. The van der Waals surface area contributed by atoms with Gasteiger partial charge in [-0.3, -0.25) is 0 Å². The zero-order valence-electron chi connectivity index (χ0n) is 11.0. The summed E-state index contributed by atoms with van der Waals surface area (Å²) in [6.07, 6.45) is 0. The van der Waals surface area contributed by atoms with E-state index in [-0.39, 0.29) is 24.5 Å². The number of halogens is 3. The molecule has 2 aromatic carbocycles. The third-order valence-corrected chi connectivity index (χ3v) is 2.68. The van der Waals surface area contributed by atoms with E-state index in [1.807, 2.05) is 0 Å². The summed E-state index contributed by atoms with van der Waals surface area (Å²) in [6, 6.07) is 7.59. The lowest BCUT2D eigenvalue weighted by Gasteiger charge is -2.09. The Kier molecular flexibility index (Phi) is 4.85. The molecule has 0 spiro atoms. The number of rotatable bonds is 3. The van der Waals surface area contributed by atoms with Crippen LogP contribution in [0.4, 0.5) is 13.2 Å². The van der Waals surface area contributed by atoms with E-state index in [4.69, 9.17) is 10.5 Å². The van der Waals surface area contributed by atoms with Crippen LogP contribution < -0.4 is 10.5 Å². The number of hydrogen-bond acceptors (Lipinski definition) is 2. The third-order valence-electron chi connectivity index (χ3n) is 2.68. The number of hydrogen-bond donors (Lipinski definition) is 1. The normalized spacial score (nSPS) is 9.90. The lowest BCUT2D eigenvalue weighted by Crippen LogP contribution is -2.02. The predicted molar refractivity (Wildman–Crippen MR) is 73.0 cm³/mol. The Morgan fingerprint density at radius 1 is 1.10 bits per heavy atom. The molecule has 0 radical (unpaired) electrons. The van der Waals surface area contributed by atoms with Gasteiger partial charge < -0.3 is 10.5 Å². The highest BCUT2D eigenvalue weighted by Gasteiger charge is 2.09. The molecule has 2 nitrogen and oxygen atoms in total. The van der Waals surface area contributed by atoms with Crippen LogP contribution in [0.1, 0.15) is 11.1 Å². The highest BCUT2D eigenvalue weighted by Crippen LogP contribution is 2.21. The minimum Gasteiger partial charge on any atom is -0.487 e. The molecule has 2 aromatic rings. The van der Waals surface area contributed by atoms with E-state index in [1.54, 1.807) is 0 Å². The smallest absolute Gasteiger partial charge is 0.165 e. The zero-order valence-corrected chi connectivity index (χ0v) is 11.0. The van der Waals surface area contributed by atoms with Gasteiger partial charge in [-0.05, 0) is 24.3 Å². The second-order valence-electron chi connectivity index (χ2n) is 4.15. The van der Waals surface area contributed by atoms with Crippen molar-refractivity contribution >= 4 is 0 Å². The number of nitrogens with two attached hydrogens (primary N) is 1. The van der Waals surface area contributed by atoms with Crippen LogP contribution in [-0.2, 0) is 6.61 Å². The predicted octanol–water partition coefficient (Wildman–Crippen LogP) is 2.99. The Morgan fingerprint density at radius 2 is 1.90 bits per heavy atom. The van der Waals surface area contributed by atoms with Crippen molar-refractivity contribution in [3.63, 3.8) is 0 Å². The second-order valence-corrected chi connectivity index (χ2v) is 4.15. The largest absolute Gasteiger partial charge is 0.487 e. The van der Waals surface area contributed by atoms with Crippen LogP contribution in [0.5, 0.6) is 5.75 Å². The molecule has 0 aromatic heterocycles. The summed E-state index contributed by atoms with van der Waals surface area (Å²) in [5.41, 5.74) is 5.64. The molecule has 0 bridgehead atoms. The number of benzene rings is 2. The van der Waals surface area contributed by atoms with Crippen molar-refractivity contribution in [2.24, 2.45) is 5.73 Å². The summed E-state index contributed by atoms with van der Waals surface area (Å²) in [4.78, 5) is 0. The highest BCUT2D eigenvalue weighted by atomic mass is 19.2. The van der Waals surface area contributed by atoms with Crippen molar-refractivity contribution in [1.29, 1.82) is 0 Å². The van der Waals surface area contributed by atoms with Crippen molar-refractivity contribution < 1.29 is 17.9 Å². The molecular formula is C16H12F3NO. The minimum absolute atomic E-state index is 0.0667. The first-order valence-electron chi connectivity index (χ1n) is 6.16. The quantitative estimate of drug-likeness (QED) is 0.882. The van der Waals surface area contributed by atoms with E-state index in [0.717, 1.165) is 6.07 Å². The molecule has 0 aliphatic rings. The van der Waals surface area contributed by atoms with Crippen LogP contribution in [0, 0.1) is 29.3 Å². The fraction of sp³-hybridized carbons (Fsp3) is 0.125. The van der Waals surface area contributed by atoms with Gasteiger partial charge in [-0.1, -0.05) is 24.0 Å². The van der Waals surface area contributed by atoms with Gasteiger partial charge in [0.15, 0.2) is 11.6 Å². The van der Waals surface area contributed by atoms with Crippen LogP contribution in [-0.4, -0.2) is 6.54 Å². The summed E-state index contributed by atoms with van der Waals surface area (Å²) in [5, 5.41) is 0. The minimum atomic E-state index is -0.964. The molecular weight excluding hydrogens is 279 g/mol. The summed E-state index contributed by atoms with van der Waals surface area (Å²) in [7, 11) is 0. The van der Waals surface area contributed by atoms with Crippen molar-refractivity contribution in [3.8, 4) is 17.6 Å². The Morgan fingerprint density at radius 3 is 2.67 bits per heavy atom. The van der Waals surface area contributed by atoms with Gasteiger partial charge in [0, 0.05) is 5.56 Å². The van der Waals surface area contributed by atoms with Crippen LogP contribution in [0.25, 0.3) is 0 Å². The van der Waals surface area contributed by atoms with E-state index in [9.17, 15) is 13.2 Å². The van der Waals surface area contributed by atoms with Crippen LogP contribution in [0.2, 0.25) is 0 Å². The summed E-state index contributed by atoms with van der Waals surface area (Å²) >= 11 is 0. The summed E-state index contributed by atoms with van der Waals surface area (Å²) in [6.45, 7) is -0.0684. The summed E-state index contributed by atoms with van der Waals surface area (Å²) < 4.78 is 45.2. The first-order valence-corrected chi connectivity index (χ1v) is 6.16. The molecule has 0 unspecified atom stereocenters. The second kappa shape index (κ2) is 6.82. The fourth-order valence-corrected chi connectivity index (χ4v) is 1.69. The molecule has 0 atom stereocenters. The van der Waals surface area contributed by atoms with Gasteiger partial charge >= 0.3 is 0 Å². The van der Waals surface area contributed by atoms with Crippen molar-refractivity contribution in [1.82, 2.24) is 0 Å². The average molecular weight is 291 g/mol. The van der Waals surface area contributed by atoms with Gasteiger partial charge in [0.05, 0.1) is 12.1 Å². The molecule has 0 aliphatic heterocycles. The molecule has 0 saturated heterocycles. The molecule has 0 aliphatic carbocycles. The Bertz CT molecular complexity index is 704. The van der Waals surface area contributed by atoms with Gasteiger partial charge in [-0.15, -0.1) is 0 Å². The van der Waals surface area contributed by atoms with Gasteiger partial charge in [-0.2, -0.15) is 0 Å². The molecule has 5 heteroatoms. The highest BCUT2D eigenvalue weighted by molar-refractivity contribution is 5.46. The number of ether oxygens (including phenoxy) is 1. The molecule has 0 saturated carbocycles. The van der Waals surface area contributed by atoms with Crippen molar-refractivity contribution in [2.45, 2.75) is 6.61 Å². The van der Waals surface area contributed by atoms with Gasteiger partial charge in [0.2, 0.25) is 0 Å². The van der Waals surface area contributed by atoms with E-state index in [0.29, 0.717) is 5.56 Å². The van der Waals surface area contributed by atoms with E-state index >= 15 is 0 Å². The molecule has 21 heavy (non-hydrogen) atoms. The average Bonchev–Trinajstić information content (AvgIpc) is 2.48. The molecule has 0 amide bonds. The van der Waals surface area contributed by atoms with Gasteiger partial charge in [0.25, 0.3) is 0 Å². The fourth-order valence-electron chi connectivity index (χ4n) is 1.69. The van der Waals surface area contributed by atoms with E-state index < -0.39 is 17.5 Å². The lowest BCUT2D eigenvalue weighted by molar-refractivity contribution is 0.296.